The predicted molar refractivity (Wildman–Crippen MR) is 69.6 cm³/mol. The van der Waals surface area contributed by atoms with E-state index in [0.29, 0.717) is 6.42 Å². The maximum Gasteiger partial charge on any atom is 0.115 e. The van der Waals surface area contributed by atoms with Crippen molar-refractivity contribution in [1.82, 2.24) is 9.80 Å². The zero-order valence-electron chi connectivity index (χ0n) is 10.5. The smallest absolute Gasteiger partial charge is 0.115 e. The zero-order chi connectivity index (χ0) is 12.5. The molecular weight excluding hydrogens is 228 g/mol. The molecule has 3 aliphatic heterocycles. The highest BCUT2D eigenvalue weighted by Crippen LogP contribution is 2.21. The molecule has 1 aromatic rings. The summed E-state index contributed by atoms with van der Waals surface area (Å²) in [5, 5.41) is 19.6. The normalized spacial score (nSPS) is 32.4. The van der Waals surface area contributed by atoms with Crippen LogP contribution in [0.1, 0.15) is 5.56 Å². The Bertz CT molecular complexity index is 399. The van der Waals surface area contributed by atoms with Gasteiger partial charge in [-0.25, -0.2) is 0 Å². The monoisotopic (exact) mass is 248 g/mol. The second-order valence-corrected chi connectivity index (χ2v) is 5.34. The Morgan fingerprint density at radius 1 is 1.11 bits per heavy atom. The molecule has 2 atom stereocenters. The lowest BCUT2D eigenvalue weighted by atomic mass is 9.97. The number of nitrogens with zero attached hydrogens (tertiary/aromatic N) is 2. The molecule has 0 saturated carbocycles. The van der Waals surface area contributed by atoms with Gasteiger partial charge in [-0.15, -0.1) is 0 Å². The number of benzene rings is 1. The number of aliphatic hydroxyl groups is 1. The van der Waals surface area contributed by atoms with Crippen molar-refractivity contribution in [1.29, 1.82) is 0 Å². The molecule has 0 aliphatic carbocycles. The molecule has 1 aromatic carbocycles. The average Bonchev–Trinajstić information content (AvgIpc) is 2.42. The summed E-state index contributed by atoms with van der Waals surface area (Å²) in [6.45, 7) is 5.43. The standard InChI is InChI=1S/C14H20N2O2/c17-12-3-1-11(2-4-12)9-14(18)13-10-15-5-7-16(13)8-6-15/h1-4,13-14,17-18H,5-10H2. The van der Waals surface area contributed by atoms with Crippen LogP contribution in [0, 0.1) is 0 Å². The highest BCUT2D eigenvalue weighted by atomic mass is 16.3. The molecule has 3 aliphatic rings. The van der Waals surface area contributed by atoms with Crippen molar-refractivity contribution in [3.8, 4) is 5.75 Å². The average molecular weight is 248 g/mol. The fourth-order valence-electron chi connectivity index (χ4n) is 3.03. The van der Waals surface area contributed by atoms with Gasteiger partial charge in [0.2, 0.25) is 0 Å². The van der Waals surface area contributed by atoms with Gasteiger partial charge in [-0.2, -0.15) is 0 Å². The molecule has 2 unspecified atom stereocenters. The van der Waals surface area contributed by atoms with Crippen LogP contribution in [-0.2, 0) is 6.42 Å². The van der Waals surface area contributed by atoms with Gasteiger partial charge in [0.15, 0.2) is 0 Å². The van der Waals surface area contributed by atoms with Gasteiger partial charge in [0.05, 0.1) is 6.10 Å². The van der Waals surface area contributed by atoms with Crippen molar-refractivity contribution in [3.05, 3.63) is 29.8 Å². The minimum absolute atomic E-state index is 0.265. The molecule has 2 N–H and O–H groups in total. The van der Waals surface area contributed by atoms with E-state index in [0.717, 1.165) is 38.3 Å². The van der Waals surface area contributed by atoms with E-state index in [4.69, 9.17) is 0 Å². The van der Waals surface area contributed by atoms with Crippen LogP contribution in [0.15, 0.2) is 24.3 Å². The quantitative estimate of drug-likeness (QED) is 0.807. The number of piperazine rings is 3. The highest BCUT2D eigenvalue weighted by Gasteiger charge is 2.35. The summed E-state index contributed by atoms with van der Waals surface area (Å²) in [6.07, 6.45) is 0.340. The second-order valence-electron chi connectivity index (χ2n) is 5.34. The summed E-state index contributed by atoms with van der Waals surface area (Å²) in [4.78, 5) is 4.84. The van der Waals surface area contributed by atoms with Gasteiger partial charge < -0.3 is 10.2 Å². The number of aromatic hydroxyl groups is 1. The van der Waals surface area contributed by atoms with Crippen LogP contribution in [0.25, 0.3) is 0 Å². The topological polar surface area (TPSA) is 46.9 Å². The van der Waals surface area contributed by atoms with E-state index in [1.165, 1.54) is 0 Å². The predicted octanol–water partition coefficient (Wildman–Crippen LogP) is 0.295. The lowest BCUT2D eigenvalue weighted by molar-refractivity contribution is -0.0453. The van der Waals surface area contributed by atoms with Crippen molar-refractivity contribution < 1.29 is 10.2 Å². The molecule has 4 nitrogen and oxygen atoms in total. The van der Waals surface area contributed by atoms with Crippen LogP contribution in [0.4, 0.5) is 0 Å². The van der Waals surface area contributed by atoms with Crippen molar-refractivity contribution in [2.45, 2.75) is 18.6 Å². The first-order valence-electron chi connectivity index (χ1n) is 6.65. The molecule has 0 amide bonds. The van der Waals surface area contributed by atoms with E-state index in [1.807, 2.05) is 12.1 Å². The molecule has 4 rings (SSSR count). The number of rotatable bonds is 3. The summed E-state index contributed by atoms with van der Waals surface area (Å²) in [7, 11) is 0. The van der Waals surface area contributed by atoms with Gasteiger partial charge in [-0.05, 0) is 24.1 Å². The third-order valence-corrected chi connectivity index (χ3v) is 4.15. The number of fused-ring (bicyclic) bond motifs is 3. The Kier molecular flexibility index (Phi) is 3.24. The van der Waals surface area contributed by atoms with Crippen LogP contribution in [0.5, 0.6) is 5.75 Å². The molecule has 3 heterocycles. The summed E-state index contributed by atoms with van der Waals surface area (Å²) in [5.41, 5.74) is 1.08. The SMILES string of the molecule is Oc1ccc(CC(O)C2CN3CCN2CC3)cc1. The number of phenols is 1. The number of phenolic OH excluding ortho intramolecular Hbond substituents is 1. The van der Waals surface area contributed by atoms with E-state index in [-0.39, 0.29) is 17.9 Å². The van der Waals surface area contributed by atoms with Crippen LogP contribution in [0.3, 0.4) is 0 Å². The van der Waals surface area contributed by atoms with Gasteiger partial charge in [0.25, 0.3) is 0 Å². The first-order valence-corrected chi connectivity index (χ1v) is 6.65. The lowest BCUT2D eigenvalue weighted by Gasteiger charge is -2.49. The molecule has 98 valence electrons. The fourth-order valence-corrected chi connectivity index (χ4v) is 3.03. The number of hydrogen-bond donors (Lipinski definition) is 2. The number of aliphatic hydroxyl groups excluding tert-OH is 1. The molecule has 3 fully saturated rings. The molecule has 0 spiro atoms. The van der Waals surface area contributed by atoms with Crippen LogP contribution in [-0.4, -0.2) is 64.9 Å². The van der Waals surface area contributed by atoms with Crippen molar-refractivity contribution in [2.24, 2.45) is 0 Å². The lowest BCUT2D eigenvalue weighted by Crippen LogP contribution is -2.64. The maximum atomic E-state index is 10.4. The molecule has 3 saturated heterocycles. The van der Waals surface area contributed by atoms with Gasteiger partial charge >= 0.3 is 0 Å². The van der Waals surface area contributed by atoms with Gasteiger partial charge in [0, 0.05) is 38.8 Å². The van der Waals surface area contributed by atoms with Gasteiger partial charge in [-0.3, -0.25) is 9.80 Å². The first-order chi connectivity index (χ1) is 8.72. The van der Waals surface area contributed by atoms with Crippen LogP contribution in [0.2, 0.25) is 0 Å². The van der Waals surface area contributed by atoms with E-state index in [2.05, 4.69) is 9.80 Å². The summed E-state index contributed by atoms with van der Waals surface area (Å²) in [6, 6.07) is 7.39. The minimum atomic E-state index is -0.322. The number of hydrogen-bond acceptors (Lipinski definition) is 4. The van der Waals surface area contributed by atoms with Gasteiger partial charge in [-0.1, -0.05) is 12.1 Å². The third kappa shape index (κ3) is 2.36. The zero-order valence-corrected chi connectivity index (χ0v) is 10.5. The molecule has 2 bridgehead atoms. The second kappa shape index (κ2) is 4.88. The Labute approximate surface area is 107 Å². The summed E-state index contributed by atoms with van der Waals surface area (Å²) >= 11 is 0. The Balaban J connectivity index is 1.64. The van der Waals surface area contributed by atoms with Gasteiger partial charge in [0.1, 0.15) is 5.75 Å². The summed E-state index contributed by atoms with van der Waals surface area (Å²) in [5.74, 6) is 0.278. The van der Waals surface area contributed by atoms with Crippen molar-refractivity contribution in [3.63, 3.8) is 0 Å². The van der Waals surface area contributed by atoms with Crippen molar-refractivity contribution >= 4 is 0 Å². The molecular formula is C14H20N2O2. The molecule has 0 aromatic heterocycles. The van der Waals surface area contributed by atoms with E-state index in [9.17, 15) is 10.2 Å². The Hall–Kier alpha value is -1.10. The maximum absolute atomic E-state index is 10.4. The van der Waals surface area contributed by atoms with E-state index >= 15 is 0 Å². The third-order valence-electron chi connectivity index (χ3n) is 4.15. The van der Waals surface area contributed by atoms with Crippen molar-refractivity contribution in [2.75, 3.05) is 32.7 Å². The van der Waals surface area contributed by atoms with E-state index < -0.39 is 0 Å². The Morgan fingerprint density at radius 3 is 2.33 bits per heavy atom. The molecule has 18 heavy (non-hydrogen) atoms. The summed E-state index contributed by atoms with van der Waals surface area (Å²) < 4.78 is 0. The molecule has 0 radical (unpaired) electrons. The largest absolute Gasteiger partial charge is 0.508 e. The highest BCUT2D eigenvalue weighted by molar-refractivity contribution is 5.26. The first kappa shape index (κ1) is 12.0. The Morgan fingerprint density at radius 2 is 1.78 bits per heavy atom. The van der Waals surface area contributed by atoms with E-state index in [1.54, 1.807) is 12.1 Å². The van der Waals surface area contributed by atoms with Crippen LogP contribution < -0.4 is 0 Å². The van der Waals surface area contributed by atoms with Crippen LogP contribution >= 0.6 is 0 Å². The minimum Gasteiger partial charge on any atom is -0.508 e. The molecule has 4 heteroatoms. The fraction of sp³-hybridized carbons (Fsp3) is 0.571.